The van der Waals surface area contributed by atoms with Gasteiger partial charge in [0.25, 0.3) is 0 Å². The third-order valence-corrected chi connectivity index (χ3v) is 2.26. The van der Waals surface area contributed by atoms with Crippen molar-refractivity contribution in [1.29, 1.82) is 0 Å². The number of para-hydroxylation sites is 1. The van der Waals surface area contributed by atoms with Crippen LogP contribution in [0.5, 0.6) is 0 Å². The van der Waals surface area contributed by atoms with E-state index in [-0.39, 0.29) is 0 Å². The van der Waals surface area contributed by atoms with Crippen LogP contribution >= 0.6 is 0 Å². The highest BCUT2D eigenvalue weighted by molar-refractivity contribution is 5.77. The van der Waals surface area contributed by atoms with Crippen molar-refractivity contribution in [2.75, 3.05) is 26.4 Å². The molecule has 1 aromatic heterocycles. The van der Waals surface area contributed by atoms with Gasteiger partial charge in [0.1, 0.15) is 0 Å². The Bertz CT molecular complexity index is 350. The lowest BCUT2D eigenvalue weighted by molar-refractivity contribution is -0.0334. The van der Waals surface area contributed by atoms with Crippen molar-refractivity contribution in [3.63, 3.8) is 0 Å². The summed E-state index contributed by atoms with van der Waals surface area (Å²) in [5, 5.41) is 1.20. The van der Waals surface area contributed by atoms with E-state index in [1.54, 1.807) is 0 Å². The zero-order chi connectivity index (χ0) is 11.1. The zero-order valence-corrected chi connectivity index (χ0v) is 9.13. The monoisotopic (exact) mass is 217 g/mol. The van der Waals surface area contributed by atoms with Crippen LogP contribution in [0.4, 0.5) is 0 Å². The van der Waals surface area contributed by atoms with E-state index >= 15 is 0 Å². The summed E-state index contributed by atoms with van der Waals surface area (Å²) in [5.41, 5.74) is 1.06. The Morgan fingerprint density at radius 3 is 2.06 bits per heavy atom. The fraction of sp³-hybridized carbons (Fsp3) is 0.308. The van der Waals surface area contributed by atoms with E-state index in [9.17, 15) is 0 Å². The summed E-state index contributed by atoms with van der Waals surface area (Å²) in [6.45, 7) is 3.11. The Labute approximate surface area is 95.0 Å². The van der Waals surface area contributed by atoms with Crippen molar-refractivity contribution in [3.8, 4) is 0 Å². The molecule has 2 aromatic rings. The molecule has 0 aliphatic carbocycles. The molecule has 16 heavy (non-hydrogen) atoms. The Hall–Kier alpha value is -1.45. The van der Waals surface area contributed by atoms with Gasteiger partial charge in [0.05, 0.1) is 31.9 Å². The second-order valence-corrected chi connectivity index (χ2v) is 3.42. The molecule has 3 nitrogen and oxygen atoms in total. The van der Waals surface area contributed by atoms with Gasteiger partial charge in [-0.2, -0.15) is 0 Å². The minimum absolute atomic E-state index is 0.778. The first-order chi connectivity index (χ1) is 7.97. The zero-order valence-electron chi connectivity index (χ0n) is 9.13. The highest BCUT2D eigenvalue weighted by Crippen LogP contribution is 2.07. The van der Waals surface area contributed by atoms with Gasteiger partial charge in [-0.15, -0.1) is 0 Å². The van der Waals surface area contributed by atoms with Gasteiger partial charge in [-0.05, 0) is 12.1 Å². The van der Waals surface area contributed by atoms with E-state index in [0.29, 0.717) is 0 Å². The average Bonchev–Trinajstić information content (AvgIpc) is 2.42. The van der Waals surface area contributed by atoms with Gasteiger partial charge in [0.15, 0.2) is 0 Å². The molecule has 1 aliphatic rings. The number of rotatable bonds is 0. The summed E-state index contributed by atoms with van der Waals surface area (Å²) in [7, 11) is 0. The SMILES string of the molecule is C1COCCO1.c1ccc2ncccc2c1. The van der Waals surface area contributed by atoms with Gasteiger partial charge in [0.2, 0.25) is 0 Å². The molecule has 0 amide bonds. The fourth-order valence-electron chi connectivity index (χ4n) is 1.46. The molecule has 1 aliphatic heterocycles. The van der Waals surface area contributed by atoms with Gasteiger partial charge in [-0.1, -0.05) is 24.3 Å². The summed E-state index contributed by atoms with van der Waals surface area (Å²) in [4.78, 5) is 4.18. The van der Waals surface area contributed by atoms with E-state index in [2.05, 4.69) is 17.1 Å². The van der Waals surface area contributed by atoms with E-state index in [1.807, 2.05) is 30.5 Å². The Balaban J connectivity index is 0.000000138. The van der Waals surface area contributed by atoms with E-state index in [4.69, 9.17) is 9.47 Å². The molecule has 3 rings (SSSR count). The fourth-order valence-corrected chi connectivity index (χ4v) is 1.46. The highest BCUT2D eigenvalue weighted by Gasteiger charge is 1.94. The first kappa shape index (κ1) is 11.0. The van der Waals surface area contributed by atoms with Crippen molar-refractivity contribution in [1.82, 2.24) is 4.98 Å². The largest absolute Gasteiger partial charge is 0.377 e. The summed E-state index contributed by atoms with van der Waals surface area (Å²) in [6.07, 6.45) is 1.81. The number of benzene rings is 1. The third-order valence-electron chi connectivity index (χ3n) is 2.26. The molecule has 0 unspecified atom stereocenters. The molecular weight excluding hydrogens is 202 g/mol. The lowest BCUT2D eigenvalue weighted by Crippen LogP contribution is -2.16. The molecule has 1 fully saturated rings. The average molecular weight is 217 g/mol. The highest BCUT2D eigenvalue weighted by atomic mass is 16.6. The maximum Gasteiger partial charge on any atom is 0.0701 e. The van der Waals surface area contributed by atoms with Gasteiger partial charge in [-0.25, -0.2) is 0 Å². The quantitative estimate of drug-likeness (QED) is 0.678. The molecular formula is C13H15NO2. The minimum atomic E-state index is 0.778. The Kier molecular flexibility index (Phi) is 4.28. The first-order valence-corrected chi connectivity index (χ1v) is 5.42. The lowest BCUT2D eigenvalue weighted by Gasteiger charge is -2.09. The maximum atomic E-state index is 4.94. The van der Waals surface area contributed by atoms with E-state index < -0.39 is 0 Å². The van der Waals surface area contributed by atoms with Crippen molar-refractivity contribution in [2.24, 2.45) is 0 Å². The van der Waals surface area contributed by atoms with E-state index in [1.165, 1.54) is 5.39 Å². The predicted octanol–water partition coefficient (Wildman–Crippen LogP) is 2.27. The molecule has 0 atom stereocenters. The molecule has 1 aromatic carbocycles. The van der Waals surface area contributed by atoms with Crippen LogP contribution in [-0.4, -0.2) is 31.4 Å². The number of nitrogens with zero attached hydrogens (tertiary/aromatic N) is 1. The van der Waals surface area contributed by atoms with Crippen LogP contribution in [0.15, 0.2) is 42.6 Å². The second-order valence-electron chi connectivity index (χ2n) is 3.42. The third kappa shape index (κ3) is 3.29. The molecule has 0 saturated carbocycles. The van der Waals surface area contributed by atoms with Crippen LogP contribution < -0.4 is 0 Å². The molecule has 3 heteroatoms. The molecule has 0 spiro atoms. The predicted molar refractivity (Wildman–Crippen MR) is 63.4 cm³/mol. The standard InChI is InChI=1S/C9H7N.C4H8O2/c1-2-6-9-8(4-1)5-3-7-10-9;1-2-6-4-3-5-1/h1-7H;1-4H2. The number of fused-ring (bicyclic) bond motifs is 1. The molecule has 84 valence electrons. The summed E-state index contributed by atoms with van der Waals surface area (Å²) in [6, 6.07) is 12.1. The van der Waals surface area contributed by atoms with Crippen LogP contribution in [0.1, 0.15) is 0 Å². The van der Waals surface area contributed by atoms with Crippen molar-refractivity contribution in [2.45, 2.75) is 0 Å². The first-order valence-electron chi connectivity index (χ1n) is 5.42. The van der Waals surface area contributed by atoms with Gasteiger partial charge >= 0.3 is 0 Å². The molecule has 0 radical (unpaired) electrons. The number of ether oxygens (including phenoxy) is 2. The molecule has 0 N–H and O–H groups in total. The van der Waals surface area contributed by atoms with Crippen LogP contribution in [-0.2, 0) is 9.47 Å². The molecule has 2 heterocycles. The number of hydrogen-bond acceptors (Lipinski definition) is 3. The van der Waals surface area contributed by atoms with Gasteiger partial charge in [0, 0.05) is 11.6 Å². The van der Waals surface area contributed by atoms with Crippen LogP contribution in [0.3, 0.4) is 0 Å². The number of hydrogen-bond donors (Lipinski definition) is 0. The number of pyridine rings is 1. The van der Waals surface area contributed by atoms with Crippen molar-refractivity contribution in [3.05, 3.63) is 42.6 Å². The maximum absolute atomic E-state index is 4.94. The smallest absolute Gasteiger partial charge is 0.0701 e. The number of aromatic nitrogens is 1. The molecule has 1 saturated heterocycles. The summed E-state index contributed by atoms with van der Waals surface area (Å²) in [5.74, 6) is 0. The van der Waals surface area contributed by atoms with Crippen LogP contribution in [0, 0.1) is 0 Å². The van der Waals surface area contributed by atoms with Crippen molar-refractivity contribution >= 4 is 10.9 Å². The van der Waals surface area contributed by atoms with Gasteiger partial charge in [-0.3, -0.25) is 4.98 Å². The summed E-state index contributed by atoms with van der Waals surface area (Å²) >= 11 is 0. The van der Waals surface area contributed by atoms with Crippen LogP contribution in [0.2, 0.25) is 0 Å². The lowest BCUT2D eigenvalue weighted by atomic mass is 10.2. The minimum Gasteiger partial charge on any atom is -0.377 e. The Morgan fingerprint density at radius 2 is 1.44 bits per heavy atom. The van der Waals surface area contributed by atoms with Gasteiger partial charge < -0.3 is 9.47 Å². The molecule has 0 bridgehead atoms. The Morgan fingerprint density at radius 1 is 0.812 bits per heavy atom. The normalized spacial score (nSPS) is 15.2. The van der Waals surface area contributed by atoms with Crippen LogP contribution in [0.25, 0.3) is 10.9 Å². The topological polar surface area (TPSA) is 31.4 Å². The second kappa shape index (κ2) is 6.20. The summed E-state index contributed by atoms with van der Waals surface area (Å²) < 4.78 is 9.89. The van der Waals surface area contributed by atoms with E-state index in [0.717, 1.165) is 31.9 Å². The van der Waals surface area contributed by atoms with Crippen molar-refractivity contribution < 1.29 is 9.47 Å².